The van der Waals surface area contributed by atoms with Gasteiger partial charge in [0, 0.05) is 32.2 Å². The van der Waals surface area contributed by atoms with E-state index >= 15 is 0 Å². The molecule has 0 aromatic heterocycles. The first kappa shape index (κ1) is 23.2. The van der Waals surface area contributed by atoms with Gasteiger partial charge < -0.3 is 14.8 Å². The van der Waals surface area contributed by atoms with Gasteiger partial charge in [0.1, 0.15) is 24.1 Å². The predicted octanol–water partition coefficient (Wildman–Crippen LogP) is 3.17. The number of fused-ring (bicyclic) bond motifs is 1. The molecule has 1 saturated heterocycles. The molecule has 7 heteroatoms. The van der Waals surface area contributed by atoms with Crippen molar-refractivity contribution >= 4 is 5.97 Å². The first-order chi connectivity index (χ1) is 16.1. The third kappa shape index (κ3) is 6.10. The minimum atomic E-state index is -0.788. The van der Waals surface area contributed by atoms with Crippen LogP contribution in [0.1, 0.15) is 18.1 Å². The van der Waals surface area contributed by atoms with Crippen LogP contribution in [-0.2, 0) is 22.5 Å². The number of rotatable bonds is 11. The van der Waals surface area contributed by atoms with Crippen LogP contribution in [0.4, 0.5) is 4.39 Å². The van der Waals surface area contributed by atoms with Crippen molar-refractivity contribution in [3.63, 3.8) is 0 Å². The van der Waals surface area contributed by atoms with E-state index in [4.69, 9.17) is 9.47 Å². The maximum absolute atomic E-state index is 13.4. The fraction of sp³-hybridized carbons (Fsp3) is 0.462. The number of nitrogens with zero attached hydrogens (tertiary/aromatic N) is 2. The molecular formula is C26H30FN3O3. The topological polar surface area (TPSA) is 74.6 Å². The largest absolute Gasteiger partial charge is 0.492 e. The normalized spacial score (nSPS) is 22.3. The van der Waals surface area contributed by atoms with E-state index in [1.54, 1.807) is 19.1 Å². The molecule has 4 atom stereocenters. The highest BCUT2D eigenvalue weighted by molar-refractivity contribution is 5.75. The van der Waals surface area contributed by atoms with Gasteiger partial charge in [-0.25, -0.2) is 4.39 Å². The number of ether oxygens (including phenoxy) is 2. The molecular weight excluding hydrogens is 421 g/mol. The van der Waals surface area contributed by atoms with Gasteiger partial charge in [-0.1, -0.05) is 24.3 Å². The van der Waals surface area contributed by atoms with Gasteiger partial charge in [0.05, 0.1) is 12.7 Å². The Morgan fingerprint density at radius 3 is 2.64 bits per heavy atom. The summed E-state index contributed by atoms with van der Waals surface area (Å²) in [5, 5.41) is 12.8. The highest BCUT2D eigenvalue weighted by atomic mass is 19.1. The molecule has 2 fully saturated rings. The summed E-state index contributed by atoms with van der Waals surface area (Å²) in [6, 6.07) is 16.9. The highest BCUT2D eigenvalue weighted by Crippen LogP contribution is 2.45. The number of esters is 1. The number of piperidine rings is 1. The molecule has 0 radical (unpaired) electrons. The number of carbonyl (C=O) groups excluding carboxylic acids is 1. The van der Waals surface area contributed by atoms with E-state index in [2.05, 4.69) is 10.2 Å². The average molecular weight is 452 g/mol. The first-order valence-corrected chi connectivity index (χ1v) is 11.6. The van der Waals surface area contributed by atoms with E-state index < -0.39 is 11.9 Å². The standard InChI is InChI=1S/C26H30FN3O3/c1-2-32-26(31)20(14-28)12-18-6-8-22(9-7-18)33-11-10-29-25-23-16-30(17-24(23)25)15-19-4-3-5-21(27)13-19/h3-9,13,20,23-25,29H,2,10-12,15-17H2,1H3/t20-,23-,24?,25+/m0/s1. The lowest BCUT2D eigenvalue weighted by Gasteiger charge is -2.20. The molecule has 2 aromatic carbocycles. The lowest BCUT2D eigenvalue weighted by atomic mass is 10.0. The molecule has 1 heterocycles. The quantitative estimate of drug-likeness (QED) is 0.418. The van der Waals surface area contributed by atoms with Crippen LogP contribution in [0.15, 0.2) is 48.5 Å². The Balaban J connectivity index is 1.12. The van der Waals surface area contributed by atoms with E-state index in [-0.39, 0.29) is 12.4 Å². The van der Waals surface area contributed by atoms with Gasteiger partial charge in [-0.2, -0.15) is 5.26 Å². The highest BCUT2D eigenvalue weighted by Gasteiger charge is 2.55. The Morgan fingerprint density at radius 2 is 1.97 bits per heavy atom. The van der Waals surface area contributed by atoms with Crippen LogP contribution in [-0.4, -0.2) is 49.8 Å². The molecule has 0 bridgehead atoms. The second-order valence-corrected chi connectivity index (χ2v) is 8.76. The monoisotopic (exact) mass is 451 g/mol. The maximum atomic E-state index is 13.4. The smallest absolute Gasteiger partial charge is 0.323 e. The summed E-state index contributed by atoms with van der Waals surface area (Å²) in [7, 11) is 0. The van der Waals surface area contributed by atoms with Crippen LogP contribution < -0.4 is 10.1 Å². The number of hydrogen-bond donors (Lipinski definition) is 1. The third-order valence-electron chi connectivity index (χ3n) is 6.41. The molecule has 1 aliphatic carbocycles. The van der Waals surface area contributed by atoms with Crippen LogP contribution in [0.3, 0.4) is 0 Å². The molecule has 33 heavy (non-hydrogen) atoms. The Hall–Kier alpha value is -2.95. The van der Waals surface area contributed by atoms with E-state index in [9.17, 15) is 14.4 Å². The van der Waals surface area contributed by atoms with Gasteiger partial charge in [0.2, 0.25) is 0 Å². The number of benzene rings is 2. The lowest BCUT2D eigenvalue weighted by molar-refractivity contribution is -0.145. The van der Waals surface area contributed by atoms with Crippen molar-refractivity contribution in [2.45, 2.75) is 25.9 Å². The molecule has 2 aromatic rings. The summed E-state index contributed by atoms with van der Waals surface area (Å²) >= 11 is 0. The van der Waals surface area contributed by atoms with Crippen molar-refractivity contribution in [1.29, 1.82) is 5.26 Å². The maximum Gasteiger partial charge on any atom is 0.323 e. The van der Waals surface area contributed by atoms with Crippen LogP contribution in [0.5, 0.6) is 5.75 Å². The lowest BCUT2D eigenvalue weighted by Crippen LogP contribution is -2.33. The molecule has 2 aliphatic rings. The van der Waals surface area contributed by atoms with Crippen molar-refractivity contribution in [2.75, 3.05) is 32.8 Å². The number of likely N-dealkylation sites (tertiary alicyclic amines) is 1. The Bertz CT molecular complexity index is 979. The number of nitriles is 1. The molecule has 1 N–H and O–H groups in total. The molecule has 0 spiro atoms. The van der Waals surface area contributed by atoms with Crippen LogP contribution in [0.2, 0.25) is 0 Å². The molecule has 1 unspecified atom stereocenters. The zero-order chi connectivity index (χ0) is 23.2. The number of carbonyl (C=O) groups is 1. The minimum absolute atomic E-state index is 0.172. The van der Waals surface area contributed by atoms with Crippen molar-refractivity contribution < 1.29 is 18.7 Å². The van der Waals surface area contributed by atoms with Crippen LogP contribution in [0, 0.1) is 34.9 Å². The van der Waals surface area contributed by atoms with E-state index in [0.717, 1.165) is 43.1 Å². The molecule has 1 aliphatic heterocycles. The van der Waals surface area contributed by atoms with E-state index in [1.807, 2.05) is 36.4 Å². The zero-order valence-electron chi connectivity index (χ0n) is 18.9. The Labute approximate surface area is 194 Å². The zero-order valence-corrected chi connectivity index (χ0v) is 18.9. The number of nitrogens with one attached hydrogen (secondary N) is 1. The summed E-state index contributed by atoms with van der Waals surface area (Å²) in [6.07, 6.45) is 0.331. The molecule has 1 saturated carbocycles. The van der Waals surface area contributed by atoms with E-state index in [0.29, 0.717) is 30.9 Å². The van der Waals surface area contributed by atoms with Crippen LogP contribution in [0.25, 0.3) is 0 Å². The van der Waals surface area contributed by atoms with Crippen molar-refractivity contribution in [3.8, 4) is 11.8 Å². The Kier molecular flexibility index (Phi) is 7.58. The van der Waals surface area contributed by atoms with Gasteiger partial charge in [0.25, 0.3) is 0 Å². The first-order valence-electron chi connectivity index (χ1n) is 11.6. The SMILES string of the molecule is CCOC(=O)[C@H](C#N)Cc1ccc(OCCN[C@H]2C3CN(Cc4cccc(F)c4)C[C@@H]32)cc1. The fourth-order valence-electron chi connectivity index (χ4n) is 4.72. The minimum Gasteiger partial charge on any atom is -0.492 e. The number of halogens is 1. The molecule has 4 rings (SSSR count). The second kappa shape index (κ2) is 10.8. The van der Waals surface area contributed by atoms with Crippen molar-refractivity contribution in [3.05, 3.63) is 65.5 Å². The fourth-order valence-corrected chi connectivity index (χ4v) is 4.72. The summed E-state index contributed by atoms with van der Waals surface area (Å²) in [4.78, 5) is 14.2. The summed E-state index contributed by atoms with van der Waals surface area (Å²) < 4.78 is 24.1. The predicted molar refractivity (Wildman–Crippen MR) is 122 cm³/mol. The van der Waals surface area contributed by atoms with Crippen LogP contribution >= 0.6 is 0 Å². The Morgan fingerprint density at radius 1 is 1.21 bits per heavy atom. The number of hydrogen-bond acceptors (Lipinski definition) is 6. The van der Waals surface area contributed by atoms with Gasteiger partial charge in [-0.3, -0.25) is 9.69 Å². The van der Waals surface area contributed by atoms with E-state index in [1.165, 1.54) is 6.07 Å². The summed E-state index contributed by atoms with van der Waals surface area (Å²) in [5.41, 5.74) is 1.93. The average Bonchev–Trinajstić information content (AvgIpc) is 3.26. The van der Waals surface area contributed by atoms with Gasteiger partial charge in [-0.05, 0) is 60.6 Å². The summed E-state index contributed by atoms with van der Waals surface area (Å²) in [6.45, 7) is 6.27. The summed E-state index contributed by atoms with van der Waals surface area (Å²) in [5.74, 6) is 0.671. The molecule has 6 nitrogen and oxygen atoms in total. The van der Waals surface area contributed by atoms with Gasteiger partial charge in [0.15, 0.2) is 0 Å². The van der Waals surface area contributed by atoms with Gasteiger partial charge in [-0.15, -0.1) is 0 Å². The molecule has 174 valence electrons. The third-order valence-corrected chi connectivity index (χ3v) is 6.41. The van der Waals surface area contributed by atoms with Gasteiger partial charge >= 0.3 is 5.97 Å². The second-order valence-electron chi connectivity index (χ2n) is 8.76. The van der Waals surface area contributed by atoms with Crippen molar-refractivity contribution in [2.24, 2.45) is 17.8 Å². The van der Waals surface area contributed by atoms with Crippen molar-refractivity contribution in [1.82, 2.24) is 10.2 Å². The molecule has 0 amide bonds.